The highest BCUT2D eigenvalue weighted by atomic mass is 32.2. The number of rotatable bonds is 8. The van der Waals surface area contributed by atoms with Crippen LogP contribution in [0.3, 0.4) is 0 Å². The number of amides is 1. The summed E-state index contributed by atoms with van der Waals surface area (Å²) in [6, 6.07) is 4.49. The number of anilines is 1. The Bertz CT molecular complexity index is 861. The quantitative estimate of drug-likeness (QED) is 0.642. The molecular weight excluding hydrogens is 388 g/mol. The molecule has 1 aromatic rings. The van der Waals surface area contributed by atoms with Crippen molar-refractivity contribution in [3.8, 4) is 0 Å². The molecule has 0 aliphatic carbocycles. The average Bonchev–Trinajstić information content (AvgIpc) is 2.69. The number of aryl methyl sites for hydroxylation is 1. The standard InChI is InChI=1S/C18H24N2O7S/c1-4-20(5-2)28(23,24)14-7-6-13(3)15(10-14)19-17(21)12-27-18(22)16-11-25-8-9-26-16/h6-7,10-11H,4-5,8-9,12H2,1-3H3,(H,19,21). The molecule has 1 aromatic carbocycles. The first-order valence-corrected chi connectivity index (χ1v) is 10.3. The Morgan fingerprint density at radius 3 is 2.54 bits per heavy atom. The predicted octanol–water partition coefficient (Wildman–Crippen LogP) is 1.40. The summed E-state index contributed by atoms with van der Waals surface area (Å²) in [7, 11) is -3.66. The molecular formula is C18H24N2O7S. The summed E-state index contributed by atoms with van der Waals surface area (Å²) < 4.78 is 41.5. The molecule has 2 rings (SSSR count). The van der Waals surface area contributed by atoms with E-state index < -0.39 is 28.5 Å². The van der Waals surface area contributed by atoms with Crippen LogP contribution in [0.4, 0.5) is 5.69 Å². The largest absolute Gasteiger partial charge is 0.493 e. The molecule has 1 aliphatic rings. The molecule has 0 aromatic heterocycles. The summed E-state index contributed by atoms with van der Waals surface area (Å²) in [5, 5.41) is 2.57. The smallest absolute Gasteiger partial charge is 0.377 e. The fourth-order valence-corrected chi connectivity index (χ4v) is 3.96. The van der Waals surface area contributed by atoms with Crippen LogP contribution in [0, 0.1) is 6.92 Å². The number of esters is 1. The minimum Gasteiger partial charge on any atom is -0.493 e. The van der Waals surface area contributed by atoms with Crippen molar-refractivity contribution in [2.45, 2.75) is 25.7 Å². The molecule has 0 saturated heterocycles. The lowest BCUT2D eigenvalue weighted by molar-refractivity contribution is -0.148. The third kappa shape index (κ3) is 5.23. The first-order valence-electron chi connectivity index (χ1n) is 8.82. The summed E-state index contributed by atoms with van der Waals surface area (Å²) in [6.07, 6.45) is 1.13. The fourth-order valence-electron chi connectivity index (χ4n) is 2.47. The van der Waals surface area contributed by atoms with E-state index in [0.717, 1.165) is 6.26 Å². The number of carbonyl (C=O) groups is 2. The van der Waals surface area contributed by atoms with E-state index in [9.17, 15) is 18.0 Å². The van der Waals surface area contributed by atoms with Crippen LogP contribution in [0.25, 0.3) is 0 Å². The zero-order chi connectivity index (χ0) is 20.7. The number of ether oxygens (including phenoxy) is 3. The summed E-state index contributed by atoms with van der Waals surface area (Å²) in [5.74, 6) is -1.53. The number of sulfonamides is 1. The fraction of sp³-hybridized carbons (Fsp3) is 0.444. The minimum absolute atomic E-state index is 0.0759. The van der Waals surface area contributed by atoms with Crippen LogP contribution >= 0.6 is 0 Å². The van der Waals surface area contributed by atoms with Gasteiger partial charge in [0.1, 0.15) is 19.5 Å². The molecule has 1 amide bonds. The van der Waals surface area contributed by atoms with Gasteiger partial charge in [0.2, 0.25) is 15.8 Å². The van der Waals surface area contributed by atoms with Crippen molar-refractivity contribution >= 4 is 27.6 Å². The Balaban J connectivity index is 2.06. The van der Waals surface area contributed by atoms with Crippen LogP contribution in [0.2, 0.25) is 0 Å². The molecule has 10 heteroatoms. The van der Waals surface area contributed by atoms with Crippen LogP contribution in [-0.2, 0) is 33.8 Å². The second-order valence-corrected chi connectivity index (χ2v) is 7.83. The van der Waals surface area contributed by atoms with Gasteiger partial charge >= 0.3 is 5.97 Å². The first kappa shape index (κ1) is 21.7. The first-order chi connectivity index (χ1) is 13.3. The van der Waals surface area contributed by atoms with Crippen molar-refractivity contribution in [1.29, 1.82) is 0 Å². The highest BCUT2D eigenvalue weighted by Crippen LogP contribution is 2.23. The second kappa shape index (κ2) is 9.56. The number of nitrogens with zero attached hydrogens (tertiary/aromatic N) is 1. The van der Waals surface area contributed by atoms with E-state index in [1.807, 2.05) is 0 Å². The third-order valence-corrected chi connectivity index (χ3v) is 6.06. The van der Waals surface area contributed by atoms with Gasteiger partial charge in [0.05, 0.1) is 4.90 Å². The molecule has 0 bridgehead atoms. The van der Waals surface area contributed by atoms with Crippen LogP contribution in [-0.4, -0.2) is 57.5 Å². The lowest BCUT2D eigenvalue weighted by atomic mass is 10.2. The van der Waals surface area contributed by atoms with E-state index in [1.165, 1.54) is 16.4 Å². The van der Waals surface area contributed by atoms with E-state index in [1.54, 1.807) is 26.8 Å². The van der Waals surface area contributed by atoms with Gasteiger partial charge in [0.15, 0.2) is 6.61 Å². The van der Waals surface area contributed by atoms with Crippen molar-refractivity contribution < 1.29 is 32.2 Å². The number of nitrogens with one attached hydrogen (secondary N) is 1. The van der Waals surface area contributed by atoms with E-state index >= 15 is 0 Å². The molecule has 1 aliphatic heterocycles. The zero-order valence-corrected chi connectivity index (χ0v) is 16.9. The van der Waals surface area contributed by atoms with E-state index in [2.05, 4.69) is 5.32 Å². The monoisotopic (exact) mass is 412 g/mol. The summed E-state index contributed by atoms with van der Waals surface area (Å²) in [5.41, 5.74) is 0.996. The number of hydrogen-bond donors (Lipinski definition) is 1. The number of benzene rings is 1. The molecule has 9 nitrogen and oxygen atoms in total. The molecule has 0 radical (unpaired) electrons. The van der Waals surface area contributed by atoms with Gasteiger partial charge in [0, 0.05) is 18.8 Å². The van der Waals surface area contributed by atoms with Gasteiger partial charge < -0.3 is 19.5 Å². The van der Waals surface area contributed by atoms with E-state index in [-0.39, 0.29) is 17.3 Å². The Kier molecular flexibility index (Phi) is 7.41. The van der Waals surface area contributed by atoms with Crippen LogP contribution < -0.4 is 5.32 Å². The van der Waals surface area contributed by atoms with Crippen molar-refractivity contribution in [2.24, 2.45) is 0 Å². The maximum Gasteiger partial charge on any atom is 0.377 e. The molecule has 0 saturated carbocycles. The van der Waals surface area contributed by atoms with Gasteiger partial charge in [0.25, 0.3) is 5.91 Å². The molecule has 0 atom stereocenters. The summed E-state index contributed by atoms with van der Waals surface area (Å²) in [6.45, 7) is 5.92. The van der Waals surface area contributed by atoms with Crippen LogP contribution in [0.5, 0.6) is 0 Å². The predicted molar refractivity (Wildman–Crippen MR) is 101 cm³/mol. The lowest BCUT2D eigenvalue weighted by Crippen LogP contribution is -2.30. The van der Waals surface area contributed by atoms with Gasteiger partial charge in [-0.2, -0.15) is 4.31 Å². The van der Waals surface area contributed by atoms with Crippen molar-refractivity contribution in [2.75, 3.05) is 38.2 Å². The Morgan fingerprint density at radius 1 is 1.21 bits per heavy atom. The van der Waals surface area contributed by atoms with Gasteiger partial charge in [-0.1, -0.05) is 19.9 Å². The molecule has 0 unspecified atom stereocenters. The molecule has 1 N–H and O–H groups in total. The molecule has 0 spiro atoms. The molecule has 154 valence electrons. The van der Waals surface area contributed by atoms with Crippen molar-refractivity contribution in [3.63, 3.8) is 0 Å². The lowest BCUT2D eigenvalue weighted by Gasteiger charge is -2.19. The molecule has 1 heterocycles. The second-order valence-electron chi connectivity index (χ2n) is 5.89. The zero-order valence-electron chi connectivity index (χ0n) is 16.1. The van der Waals surface area contributed by atoms with Gasteiger partial charge in [-0.15, -0.1) is 0 Å². The van der Waals surface area contributed by atoms with Gasteiger partial charge in [-0.05, 0) is 24.6 Å². The number of carbonyl (C=O) groups excluding carboxylic acids is 2. The maximum absolute atomic E-state index is 12.6. The third-order valence-electron chi connectivity index (χ3n) is 4.01. The van der Waals surface area contributed by atoms with Crippen LogP contribution in [0.15, 0.2) is 35.1 Å². The SMILES string of the molecule is CCN(CC)S(=O)(=O)c1ccc(C)c(NC(=O)COC(=O)C2=COCCO2)c1. The highest BCUT2D eigenvalue weighted by molar-refractivity contribution is 7.89. The van der Waals surface area contributed by atoms with Gasteiger partial charge in [-0.25, -0.2) is 13.2 Å². The average molecular weight is 412 g/mol. The molecule has 28 heavy (non-hydrogen) atoms. The molecule has 0 fully saturated rings. The highest BCUT2D eigenvalue weighted by Gasteiger charge is 2.23. The Labute approximate surface area is 164 Å². The Hall–Kier alpha value is -2.59. The summed E-state index contributed by atoms with van der Waals surface area (Å²) >= 11 is 0. The maximum atomic E-state index is 12.6. The van der Waals surface area contributed by atoms with Crippen LogP contribution in [0.1, 0.15) is 19.4 Å². The topological polar surface area (TPSA) is 111 Å². The normalized spacial score (nSPS) is 13.9. The number of hydrogen-bond acceptors (Lipinski definition) is 7. The van der Waals surface area contributed by atoms with Gasteiger partial charge in [-0.3, -0.25) is 4.79 Å². The Morgan fingerprint density at radius 2 is 1.93 bits per heavy atom. The van der Waals surface area contributed by atoms with E-state index in [0.29, 0.717) is 30.9 Å². The van der Waals surface area contributed by atoms with Crippen molar-refractivity contribution in [3.05, 3.63) is 35.8 Å². The summed E-state index contributed by atoms with van der Waals surface area (Å²) in [4.78, 5) is 24.0. The minimum atomic E-state index is -3.66. The van der Waals surface area contributed by atoms with E-state index in [4.69, 9.17) is 14.2 Å². The van der Waals surface area contributed by atoms with Crippen molar-refractivity contribution in [1.82, 2.24) is 4.31 Å².